The van der Waals surface area contributed by atoms with Gasteiger partial charge in [0.15, 0.2) is 9.84 Å². The van der Waals surface area contributed by atoms with Crippen molar-refractivity contribution in [1.82, 2.24) is 0 Å². The van der Waals surface area contributed by atoms with E-state index in [0.717, 1.165) is 0 Å². The van der Waals surface area contributed by atoms with Crippen LogP contribution in [0.1, 0.15) is 18.9 Å². The number of aryl methyl sites for hydroxylation is 1. The molecule has 0 radical (unpaired) electrons. The fraction of sp³-hybridized carbons (Fsp3) is 0.455. The molecule has 0 aliphatic carbocycles. The van der Waals surface area contributed by atoms with Crippen LogP contribution in [0.5, 0.6) is 0 Å². The van der Waals surface area contributed by atoms with Crippen LogP contribution >= 0.6 is 11.6 Å². The van der Waals surface area contributed by atoms with Crippen molar-refractivity contribution in [3.05, 3.63) is 33.9 Å². The summed E-state index contributed by atoms with van der Waals surface area (Å²) in [7, 11) is -3.73. The van der Waals surface area contributed by atoms with Gasteiger partial charge in [-0.15, -0.1) is 11.6 Å². The molecule has 18 heavy (non-hydrogen) atoms. The second-order valence-corrected chi connectivity index (χ2v) is 6.77. The van der Waals surface area contributed by atoms with E-state index in [9.17, 15) is 18.5 Å². The number of nitro benzene ring substituents is 1. The number of sulfone groups is 1. The first-order valence-corrected chi connectivity index (χ1v) is 7.43. The van der Waals surface area contributed by atoms with E-state index in [-0.39, 0.29) is 22.9 Å². The number of hydrogen-bond donors (Lipinski definition) is 0. The highest BCUT2D eigenvalue weighted by molar-refractivity contribution is 7.92. The van der Waals surface area contributed by atoms with Gasteiger partial charge < -0.3 is 0 Å². The Hall–Kier alpha value is -1.14. The van der Waals surface area contributed by atoms with Gasteiger partial charge in [0.2, 0.25) is 0 Å². The van der Waals surface area contributed by atoms with Crippen LogP contribution in [0.4, 0.5) is 5.69 Å². The third-order valence-corrected chi connectivity index (χ3v) is 5.12. The second kappa shape index (κ2) is 5.67. The summed E-state index contributed by atoms with van der Waals surface area (Å²) in [6, 6.07) is 4.07. The molecule has 0 aliphatic heterocycles. The molecule has 100 valence electrons. The van der Waals surface area contributed by atoms with Crippen LogP contribution in [0.15, 0.2) is 23.1 Å². The van der Waals surface area contributed by atoms with Gasteiger partial charge in [-0.2, -0.15) is 0 Å². The summed E-state index contributed by atoms with van der Waals surface area (Å²) in [4.78, 5) is 9.96. The minimum absolute atomic E-state index is 0.194. The van der Waals surface area contributed by atoms with Crippen molar-refractivity contribution in [2.24, 2.45) is 0 Å². The fourth-order valence-electron chi connectivity index (χ4n) is 1.53. The Morgan fingerprint density at radius 2 is 2.06 bits per heavy atom. The molecule has 0 aromatic heterocycles. The third kappa shape index (κ3) is 3.00. The van der Waals surface area contributed by atoms with E-state index in [4.69, 9.17) is 11.6 Å². The number of hydrogen-bond acceptors (Lipinski definition) is 4. The zero-order valence-corrected chi connectivity index (χ0v) is 11.7. The quantitative estimate of drug-likeness (QED) is 0.475. The summed E-state index contributed by atoms with van der Waals surface area (Å²) in [6.45, 7) is 3.19. The molecule has 5 nitrogen and oxygen atoms in total. The van der Waals surface area contributed by atoms with Gasteiger partial charge in [0.05, 0.1) is 10.2 Å². The van der Waals surface area contributed by atoms with Gasteiger partial charge >= 0.3 is 0 Å². The van der Waals surface area contributed by atoms with Crippen molar-refractivity contribution < 1.29 is 13.3 Å². The van der Waals surface area contributed by atoms with Gasteiger partial charge in [0.1, 0.15) is 4.90 Å². The minimum atomic E-state index is -3.73. The van der Waals surface area contributed by atoms with Gasteiger partial charge in [-0.1, -0.05) is 6.07 Å². The molecule has 1 unspecified atom stereocenters. The summed E-state index contributed by atoms with van der Waals surface area (Å²) in [5.74, 6) is 0.194. The predicted molar refractivity (Wildman–Crippen MR) is 69.8 cm³/mol. The van der Waals surface area contributed by atoms with Gasteiger partial charge in [0.25, 0.3) is 5.69 Å². The molecule has 0 N–H and O–H groups in total. The highest BCUT2D eigenvalue weighted by atomic mass is 35.5. The summed E-state index contributed by atoms with van der Waals surface area (Å²) in [5, 5.41) is 10.1. The predicted octanol–water partition coefficient (Wildman–Crippen LogP) is 2.69. The van der Waals surface area contributed by atoms with Crippen LogP contribution in [0.2, 0.25) is 0 Å². The third-order valence-electron chi connectivity index (χ3n) is 2.66. The van der Waals surface area contributed by atoms with E-state index in [0.29, 0.717) is 5.56 Å². The van der Waals surface area contributed by atoms with Crippen molar-refractivity contribution in [1.29, 1.82) is 0 Å². The lowest BCUT2D eigenvalue weighted by atomic mass is 10.2. The largest absolute Gasteiger partial charge is 0.288 e. The van der Waals surface area contributed by atoms with Gasteiger partial charge in [0, 0.05) is 11.9 Å². The lowest BCUT2D eigenvalue weighted by molar-refractivity contribution is -0.387. The monoisotopic (exact) mass is 291 g/mol. The standard InChI is InChI=1S/C11H14ClNO4S/c1-8-3-4-10(13(14)15)11(7-8)18(16,17)9(2)5-6-12/h3-4,7,9H,5-6H2,1-2H3. The number of benzene rings is 1. The van der Waals surface area contributed by atoms with Crippen LogP contribution in [0.3, 0.4) is 0 Å². The van der Waals surface area contributed by atoms with Crippen molar-refractivity contribution in [2.75, 3.05) is 5.88 Å². The normalized spacial score (nSPS) is 13.3. The zero-order valence-electron chi connectivity index (χ0n) is 10.1. The van der Waals surface area contributed by atoms with E-state index >= 15 is 0 Å². The molecular formula is C11H14ClNO4S. The molecule has 0 spiro atoms. The highest BCUT2D eigenvalue weighted by Gasteiger charge is 2.30. The maximum atomic E-state index is 12.2. The molecular weight excluding hydrogens is 278 g/mol. The Kier molecular flexibility index (Phi) is 4.70. The van der Waals surface area contributed by atoms with E-state index < -0.39 is 20.0 Å². The zero-order chi connectivity index (χ0) is 13.9. The number of nitrogens with zero attached hydrogens (tertiary/aromatic N) is 1. The second-order valence-electron chi connectivity index (χ2n) is 4.06. The minimum Gasteiger partial charge on any atom is -0.258 e. The average Bonchev–Trinajstić information content (AvgIpc) is 2.28. The van der Waals surface area contributed by atoms with Gasteiger partial charge in [-0.05, 0) is 31.9 Å². The van der Waals surface area contributed by atoms with Crippen molar-refractivity contribution in [2.45, 2.75) is 30.4 Å². The Balaban J connectivity index is 3.39. The highest BCUT2D eigenvalue weighted by Crippen LogP contribution is 2.28. The molecule has 1 aromatic carbocycles. The molecule has 0 saturated heterocycles. The van der Waals surface area contributed by atoms with Crippen molar-refractivity contribution in [3.63, 3.8) is 0 Å². The molecule has 0 heterocycles. The average molecular weight is 292 g/mol. The first-order valence-electron chi connectivity index (χ1n) is 5.35. The van der Waals surface area contributed by atoms with E-state index in [1.165, 1.54) is 25.1 Å². The molecule has 1 rings (SSSR count). The smallest absolute Gasteiger partial charge is 0.258 e. The molecule has 0 aliphatic rings. The van der Waals surface area contributed by atoms with Gasteiger partial charge in [-0.25, -0.2) is 8.42 Å². The SMILES string of the molecule is Cc1ccc([N+](=O)[O-])c(S(=O)(=O)C(C)CCCl)c1. The summed E-state index contributed by atoms with van der Waals surface area (Å²) in [6.07, 6.45) is 0.259. The van der Waals surface area contributed by atoms with Crippen LogP contribution < -0.4 is 0 Å². The van der Waals surface area contributed by atoms with Crippen LogP contribution in [-0.2, 0) is 9.84 Å². The van der Waals surface area contributed by atoms with Crippen molar-refractivity contribution in [3.8, 4) is 0 Å². The Bertz CT molecular complexity index is 556. The van der Waals surface area contributed by atoms with Crippen LogP contribution in [0.25, 0.3) is 0 Å². The fourth-order valence-corrected chi connectivity index (χ4v) is 3.63. The van der Waals surface area contributed by atoms with E-state index in [1.807, 2.05) is 0 Å². The number of halogens is 1. The summed E-state index contributed by atoms with van der Waals surface area (Å²) in [5.41, 5.74) is 0.277. The topological polar surface area (TPSA) is 77.3 Å². The molecule has 0 amide bonds. The van der Waals surface area contributed by atoms with Crippen molar-refractivity contribution >= 4 is 27.1 Å². The Morgan fingerprint density at radius 1 is 1.44 bits per heavy atom. The molecule has 1 atom stereocenters. The lowest BCUT2D eigenvalue weighted by Crippen LogP contribution is -2.19. The van der Waals surface area contributed by atoms with E-state index in [1.54, 1.807) is 6.92 Å². The first kappa shape index (κ1) is 14.9. The van der Waals surface area contributed by atoms with Crippen LogP contribution in [-0.4, -0.2) is 24.5 Å². The lowest BCUT2D eigenvalue weighted by Gasteiger charge is -2.12. The Morgan fingerprint density at radius 3 is 2.56 bits per heavy atom. The summed E-state index contributed by atoms with van der Waals surface area (Å²) < 4.78 is 24.5. The molecule has 0 bridgehead atoms. The summed E-state index contributed by atoms with van der Waals surface area (Å²) >= 11 is 5.53. The molecule has 1 aromatic rings. The maximum absolute atomic E-state index is 12.2. The van der Waals surface area contributed by atoms with E-state index in [2.05, 4.69) is 0 Å². The molecule has 0 saturated carbocycles. The van der Waals surface area contributed by atoms with Gasteiger partial charge in [-0.3, -0.25) is 10.1 Å². The Labute approximate surface area is 111 Å². The number of rotatable bonds is 5. The molecule has 7 heteroatoms. The first-order chi connectivity index (χ1) is 8.30. The number of alkyl halides is 1. The van der Waals surface area contributed by atoms with Crippen LogP contribution in [0, 0.1) is 17.0 Å². The number of nitro groups is 1. The maximum Gasteiger partial charge on any atom is 0.288 e. The molecule has 0 fully saturated rings.